The molecule has 0 fully saturated rings. The lowest BCUT2D eigenvalue weighted by atomic mass is 9.91. The second-order valence-corrected chi connectivity index (χ2v) is 14.4. The van der Waals surface area contributed by atoms with Gasteiger partial charge in [0.05, 0.1) is 22.8 Å². The van der Waals surface area contributed by atoms with Crippen molar-refractivity contribution in [1.29, 1.82) is 0 Å². The first kappa shape index (κ1) is 32.0. The van der Waals surface area contributed by atoms with Gasteiger partial charge < -0.3 is 9.64 Å². The molecular formula is C53H34N2O. The quantitative estimate of drug-likeness (QED) is 0.166. The van der Waals surface area contributed by atoms with Crippen LogP contribution in [0.25, 0.3) is 77.1 Å². The van der Waals surface area contributed by atoms with Crippen LogP contribution < -0.4 is 9.64 Å². The van der Waals surface area contributed by atoms with Gasteiger partial charge in [-0.1, -0.05) is 146 Å². The summed E-state index contributed by atoms with van der Waals surface area (Å²) >= 11 is 0. The minimum Gasteiger partial charge on any atom is -0.453 e. The number of fused-ring (bicyclic) bond motifs is 8. The summed E-state index contributed by atoms with van der Waals surface area (Å²) in [6.45, 7) is 0. The molecular weight excluding hydrogens is 681 g/mol. The van der Waals surface area contributed by atoms with E-state index in [1.165, 1.54) is 32.3 Å². The maximum Gasteiger partial charge on any atom is 0.151 e. The van der Waals surface area contributed by atoms with E-state index in [1.54, 1.807) is 0 Å². The van der Waals surface area contributed by atoms with Gasteiger partial charge in [-0.15, -0.1) is 0 Å². The highest BCUT2D eigenvalue weighted by atomic mass is 16.5. The Bertz CT molecular complexity index is 2980. The third kappa shape index (κ3) is 5.40. The number of rotatable bonds is 5. The Labute approximate surface area is 325 Å². The van der Waals surface area contributed by atoms with Gasteiger partial charge in [-0.05, 0) is 115 Å². The first-order valence-electron chi connectivity index (χ1n) is 19.0. The van der Waals surface area contributed by atoms with Crippen molar-refractivity contribution in [1.82, 2.24) is 4.98 Å². The van der Waals surface area contributed by atoms with Crippen molar-refractivity contribution in [2.75, 3.05) is 4.90 Å². The predicted molar refractivity (Wildman–Crippen MR) is 233 cm³/mol. The maximum absolute atomic E-state index is 6.46. The first-order valence-corrected chi connectivity index (χ1v) is 19.0. The standard InChI is InChI=1S/C53H34N2O/c1-3-15-35(16-4-1)48-33-40(34-49(54-48)36-17-5-2-6-18-36)39-29-38(30-41(31-39)55-50-23-11-13-25-52(50)56-53-26-14-12-24-51(53)55)37-27-28-46-44-21-8-7-19-42(44)43-20-9-10-22-45(43)47(46)32-37/h1-34H. The van der Waals surface area contributed by atoms with E-state index in [4.69, 9.17) is 9.72 Å². The number of aromatic nitrogens is 1. The molecule has 0 atom stereocenters. The lowest BCUT2D eigenvalue weighted by Gasteiger charge is -2.33. The Balaban J connectivity index is 1.19. The maximum atomic E-state index is 6.46. The van der Waals surface area contributed by atoms with Crippen LogP contribution in [-0.2, 0) is 0 Å². The van der Waals surface area contributed by atoms with Gasteiger partial charge in [0.15, 0.2) is 11.5 Å². The Hall–Kier alpha value is -7.49. The highest BCUT2D eigenvalue weighted by Crippen LogP contribution is 2.51. The molecule has 0 bridgehead atoms. The molecule has 3 nitrogen and oxygen atoms in total. The molecule has 1 aliphatic rings. The van der Waals surface area contributed by atoms with Gasteiger partial charge in [0.2, 0.25) is 0 Å². The zero-order valence-electron chi connectivity index (χ0n) is 30.4. The molecule has 0 unspecified atom stereocenters. The molecule has 1 aromatic heterocycles. The lowest BCUT2D eigenvalue weighted by molar-refractivity contribution is 0.477. The van der Waals surface area contributed by atoms with Crippen molar-refractivity contribution in [2.24, 2.45) is 0 Å². The Morgan fingerprint density at radius 2 is 0.732 bits per heavy atom. The fourth-order valence-electron chi connectivity index (χ4n) is 8.35. The van der Waals surface area contributed by atoms with E-state index >= 15 is 0 Å². The average Bonchev–Trinajstić information content (AvgIpc) is 3.28. The predicted octanol–water partition coefficient (Wildman–Crippen LogP) is 14.8. The van der Waals surface area contributed by atoms with Crippen molar-refractivity contribution in [3.05, 3.63) is 206 Å². The molecule has 3 heteroatoms. The second kappa shape index (κ2) is 13.1. The summed E-state index contributed by atoms with van der Waals surface area (Å²) in [6, 6.07) is 73.4. The molecule has 0 spiro atoms. The molecule has 0 saturated carbocycles. The SMILES string of the molecule is c1ccc(-c2cc(-c3cc(-c4ccc5c6ccccc6c6ccccc6c5c4)cc(N4c5ccccc5Oc5ccccc54)c3)cc(-c3ccccc3)n2)cc1. The zero-order valence-corrected chi connectivity index (χ0v) is 30.4. The van der Waals surface area contributed by atoms with Crippen molar-refractivity contribution >= 4 is 49.4 Å². The van der Waals surface area contributed by atoms with Crippen LogP contribution in [0.3, 0.4) is 0 Å². The normalized spacial score (nSPS) is 12.0. The van der Waals surface area contributed by atoms with Gasteiger partial charge in [0.1, 0.15) is 0 Å². The van der Waals surface area contributed by atoms with E-state index in [2.05, 4.69) is 187 Å². The van der Waals surface area contributed by atoms with E-state index < -0.39 is 0 Å². The highest BCUT2D eigenvalue weighted by Gasteiger charge is 2.26. The number of nitrogens with zero attached hydrogens (tertiary/aromatic N) is 2. The smallest absolute Gasteiger partial charge is 0.151 e. The number of anilines is 3. The lowest BCUT2D eigenvalue weighted by Crippen LogP contribution is -2.15. The topological polar surface area (TPSA) is 25.4 Å². The Kier molecular flexibility index (Phi) is 7.49. The molecule has 11 rings (SSSR count). The van der Waals surface area contributed by atoms with Crippen LogP contribution in [0, 0.1) is 0 Å². The zero-order chi connectivity index (χ0) is 37.0. The van der Waals surface area contributed by atoms with Crippen LogP contribution in [0.5, 0.6) is 11.5 Å². The van der Waals surface area contributed by atoms with E-state index in [9.17, 15) is 0 Å². The summed E-state index contributed by atoms with van der Waals surface area (Å²) in [4.78, 5) is 7.55. The molecule has 2 heterocycles. The number of benzene rings is 9. The van der Waals surface area contributed by atoms with Gasteiger partial charge in [0.25, 0.3) is 0 Å². The van der Waals surface area contributed by atoms with Crippen LogP contribution in [-0.4, -0.2) is 4.98 Å². The van der Waals surface area contributed by atoms with E-state index in [-0.39, 0.29) is 0 Å². The Morgan fingerprint density at radius 1 is 0.304 bits per heavy atom. The van der Waals surface area contributed by atoms with E-state index in [1.807, 2.05) is 24.3 Å². The van der Waals surface area contributed by atoms with Gasteiger partial charge in [-0.25, -0.2) is 4.98 Å². The van der Waals surface area contributed by atoms with Crippen LogP contribution >= 0.6 is 0 Å². The summed E-state index contributed by atoms with van der Waals surface area (Å²) in [6.07, 6.45) is 0. The van der Waals surface area contributed by atoms with Crippen molar-refractivity contribution in [3.63, 3.8) is 0 Å². The fourth-order valence-corrected chi connectivity index (χ4v) is 8.35. The average molecular weight is 715 g/mol. The van der Waals surface area contributed by atoms with Crippen LogP contribution in [0.4, 0.5) is 17.1 Å². The molecule has 0 amide bonds. The molecule has 9 aromatic carbocycles. The largest absolute Gasteiger partial charge is 0.453 e. The highest BCUT2D eigenvalue weighted by molar-refractivity contribution is 6.25. The van der Waals surface area contributed by atoms with Crippen LogP contribution in [0.15, 0.2) is 206 Å². The van der Waals surface area contributed by atoms with Crippen molar-refractivity contribution in [2.45, 2.75) is 0 Å². The van der Waals surface area contributed by atoms with Gasteiger partial charge in [0, 0.05) is 16.8 Å². The summed E-state index contributed by atoms with van der Waals surface area (Å²) in [5, 5.41) is 7.56. The monoisotopic (exact) mass is 714 g/mol. The first-order chi connectivity index (χ1) is 27.7. The Morgan fingerprint density at radius 3 is 1.29 bits per heavy atom. The molecule has 1 aliphatic heterocycles. The third-order valence-electron chi connectivity index (χ3n) is 11.0. The molecule has 262 valence electrons. The van der Waals surface area contributed by atoms with E-state index in [0.29, 0.717) is 0 Å². The van der Waals surface area contributed by atoms with Gasteiger partial charge >= 0.3 is 0 Å². The van der Waals surface area contributed by atoms with Gasteiger partial charge in [-0.3, -0.25) is 0 Å². The molecule has 0 saturated heterocycles. The van der Waals surface area contributed by atoms with Gasteiger partial charge in [-0.2, -0.15) is 0 Å². The number of ether oxygens (including phenoxy) is 1. The summed E-state index contributed by atoms with van der Waals surface area (Å²) in [7, 11) is 0. The fraction of sp³-hybridized carbons (Fsp3) is 0. The minimum absolute atomic E-state index is 0.823. The van der Waals surface area contributed by atoms with Crippen molar-refractivity contribution in [3.8, 4) is 56.3 Å². The van der Waals surface area contributed by atoms with Crippen molar-refractivity contribution < 1.29 is 4.74 Å². The second-order valence-electron chi connectivity index (χ2n) is 14.4. The molecule has 10 aromatic rings. The molecule has 0 N–H and O–H groups in total. The summed E-state index contributed by atoms with van der Waals surface area (Å²) in [5.74, 6) is 1.65. The van der Waals surface area contributed by atoms with E-state index in [0.717, 1.165) is 73.3 Å². The third-order valence-corrected chi connectivity index (χ3v) is 11.0. The van der Waals surface area contributed by atoms with Crippen LogP contribution in [0.2, 0.25) is 0 Å². The number of para-hydroxylation sites is 4. The molecule has 0 aliphatic carbocycles. The molecule has 56 heavy (non-hydrogen) atoms. The molecule has 0 radical (unpaired) electrons. The summed E-state index contributed by atoms with van der Waals surface area (Å²) in [5.41, 5.74) is 11.5. The summed E-state index contributed by atoms with van der Waals surface area (Å²) < 4.78 is 6.46. The van der Waals surface area contributed by atoms with Crippen LogP contribution in [0.1, 0.15) is 0 Å². The minimum atomic E-state index is 0.823. The number of hydrogen-bond acceptors (Lipinski definition) is 3. The number of hydrogen-bond donors (Lipinski definition) is 0. The number of pyridine rings is 1.